The molecule has 0 unspecified atom stereocenters. The number of carbonyl (C=O) groups excluding carboxylic acids is 1. The van der Waals surface area contributed by atoms with Crippen molar-refractivity contribution in [2.75, 3.05) is 0 Å². The number of carboxylic acids is 1. The summed E-state index contributed by atoms with van der Waals surface area (Å²) in [4.78, 5) is 21.7. The molecule has 0 aromatic heterocycles. The van der Waals surface area contributed by atoms with E-state index in [1.54, 1.807) is 6.07 Å². The molecule has 0 radical (unpaired) electrons. The van der Waals surface area contributed by atoms with Gasteiger partial charge in [0.2, 0.25) is 0 Å². The first-order chi connectivity index (χ1) is 7.16. The largest absolute Gasteiger partial charge is 0.481 e. The van der Waals surface area contributed by atoms with Crippen molar-refractivity contribution >= 4 is 11.9 Å². The van der Waals surface area contributed by atoms with Crippen LogP contribution in [0.15, 0.2) is 18.2 Å². The minimum Gasteiger partial charge on any atom is -0.481 e. The van der Waals surface area contributed by atoms with Crippen molar-refractivity contribution < 1.29 is 14.7 Å². The quantitative estimate of drug-likeness (QED) is 0.772. The Labute approximate surface area is 86.9 Å². The van der Waals surface area contributed by atoms with Gasteiger partial charge in [-0.05, 0) is 23.6 Å². The first-order valence-corrected chi connectivity index (χ1v) is 4.78. The van der Waals surface area contributed by atoms with Crippen molar-refractivity contribution in [3.63, 3.8) is 0 Å². The molecule has 1 aromatic carbocycles. The number of rotatable bonds is 3. The van der Waals surface area contributed by atoms with Crippen molar-refractivity contribution in [2.45, 2.75) is 19.4 Å². The molecule has 2 N–H and O–H groups in total. The minimum atomic E-state index is -0.819. The van der Waals surface area contributed by atoms with E-state index >= 15 is 0 Å². The van der Waals surface area contributed by atoms with Crippen molar-refractivity contribution in [1.82, 2.24) is 5.32 Å². The second-order valence-electron chi connectivity index (χ2n) is 3.57. The zero-order valence-corrected chi connectivity index (χ0v) is 8.12. The van der Waals surface area contributed by atoms with Crippen LogP contribution in [0.4, 0.5) is 0 Å². The number of hydrogen-bond donors (Lipinski definition) is 2. The van der Waals surface area contributed by atoms with Crippen LogP contribution in [-0.4, -0.2) is 17.0 Å². The standard InChI is InChI=1S/C11H11NO3/c13-10(14)4-2-7-1-3-8-6-12-11(15)9(8)5-7/h1,3,5H,2,4,6H2,(H,12,15)(H,13,14). The number of amides is 1. The number of nitrogens with one attached hydrogen (secondary N) is 1. The van der Waals surface area contributed by atoms with Gasteiger partial charge in [0.25, 0.3) is 5.91 Å². The first kappa shape index (κ1) is 9.71. The van der Waals surface area contributed by atoms with Crippen molar-refractivity contribution in [2.24, 2.45) is 0 Å². The molecule has 0 saturated carbocycles. The third-order valence-corrected chi connectivity index (χ3v) is 2.49. The molecule has 1 aromatic rings. The van der Waals surface area contributed by atoms with Gasteiger partial charge in [-0.25, -0.2) is 0 Å². The van der Waals surface area contributed by atoms with Crippen LogP contribution in [0.2, 0.25) is 0 Å². The van der Waals surface area contributed by atoms with Crippen LogP contribution >= 0.6 is 0 Å². The number of benzene rings is 1. The number of fused-ring (bicyclic) bond motifs is 1. The van der Waals surface area contributed by atoms with Gasteiger partial charge in [0.15, 0.2) is 0 Å². The molecule has 0 bridgehead atoms. The fourth-order valence-electron chi connectivity index (χ4n) is 1.67. The SMILES string of the molecule is O=C(O)CCc1ccc2c(c1)C(=O)NC2. The van der Waals surface area contributed by atoms with Gasteiger partial charge in [-0.3, -0.25) is 9.59 Å². The summed E-state index contributed by atoms with van der Waals surface area (Å²) in [5.74, 6) is -0.887. The molecule has 1 aliphatic rings. The molecule has 15 heavy (non-hydrogen) atoms. The number of hydrogen-bond acceptors (Lipinski definition) is 2. The molecule has 2 rings (SSSR count). The highest BCUT2D eigenvalue weighted by molar-refractivity contribution is 5.98. The Balaban J connectivity index is 2.18. The normalized spacial score (nSPS) is 13.5. The summed E-state index contributed by atoms with van der Waals surface area (Å²) in [5.41, 5.74) is 2.56. The van der Waals surface area contributed by atoms with E-state index < -0.39 is 5.97 Å². The number of carboxylic acid groups (broad SMARTS) is 1. The van der Waals surface area contributed by atoms with Gasteiger partial charge in [-0.15, -0.1) is 0 Å². The summed E-state index contributed by atoms with van der Waals surface area (Å²) < 4.78 is 0. The van der Waals surface area contributed by atoms with E-state index in [1.165, 1.54) is 0 Å². The van der Waals surface area contributed by atoms with Gasteiger partial charge in [0.05, 0.1) is 0 Å². The molecule has 0 saturated heterocycles. The molecule has 0 fully saturated rings. The fraction of sp³-hybridized carbons (Fsp3) is 0.273. The van der Waals surface area contributed by atoms with Crippen molar-refractivity contribution in [3.8, 4) is 0 Å². The van der Waals surface area contributed by atoms with Gasteiger partial charge in [-0.1, -0.05) is 12.1 Å². The van der Waals surface area contributed by atoms with Crippen LogP contribution in [0.1, 0.15) is 27.9 Å². The average Bonchev–Trinajstić information content (AvgIpc) is 2.57. The van der Waals surface area contributed by atoms with E-state index in [9.17, 15) is 9.59 Å². The molecule has 0 atom stereocenters. The summed E-state index contributed by atoms with van der Waals surface area (Å²) in [6.07, 6.45) is 0.566. The van der Waals surface area contributed by atoms with Crippen molar-refractivity contribution in [1.29, 1.82) is 0 Å². The molecule has 4 heteroatoms. The predicted octanol–water partition coefficient (Wildman–Crippen LogP) is 0.947. The maximum absolute atomic E-state index is 11.3. The van der Waals surface area contributed by atoms with E-state index in [0.29, 0.717) is 18.5 Å². The summed E-state index contributed by atoms with van der Waals surface area (Å²) in [5, 5.41) is 11.3. The van der Waals surface area contributed by atoms with Crippen LogP contribution in [-0.2, 0) is 17.8 Å². The summed E-state index contributed by atoms with van der Waals surface area (Å²) in [6.45, 7) is 0.577. The molecule has 4 nitrogen and oxygen atoms in total. The van der Waals surface area contributed by atoms with Crippen LogP contribution in [0.3, 0.4) is 0 Å². The highest BCUT2D eigenvalue weighted by Crippen LogP contribution is 2.17. The Hall–Kier alpha value is -1.84. The summed E-state index contributed by atoms with van der Waals surface area (Å²) >= 11 is 0. The Kier molecular flexibility index (Phi) is 2.41. The highest BCUT2D eigenvalue weighted by Gasteiger charge is 2.18. The van der Waals surface area contributed by atoms with Gasteiger partial charge >= 0.3 is 5.97 Å². The molecule has 1 amide bonds. The Morgan fingerprint density at radius 1 is 1.47 bits per heavy atom. The van der Waals surface area contributed by atoms with Gasteiger partial charge in [0, 0.05) is 18.5 Å². The predicted molar refractivity (Wildman–Crippen MR) is 53.6 cm³/mol. The molecule has 1 aliphatic heterocycles. The van der Waals surface area contributed by atoms with Crippen LogP contribution in [0.5, 0.6) is 0 Å². The maximum atomic E-state index is 11.3. The second kappa shape index (κ2) is 3.73. The lowest BCUT2D eigenvalue weighted by Gasteiger charge is -2.01. The average molecular weight is 205 g/mol. The van der Waals surface area contributed by atoms with Crippen molar-refractivity contribution in [3.05, 3.63) is 34.9 Å². The molecule has 78 valence electrons. The third-order valence-electron chi connectivity index (χ3n) is 2.49. The van der Waals surface area contributed by atoms with Crippen LogP contribution in [0.25, 0.3) is 0 Å². The lowest BCUT2D eigenvalue weighted by Crippen LogP contribution is -2.12. The first-order valence-electron chi connectivity index (χ1n) is 4.78. The molecule has 0 aliphatic carbocycles. The topological polar surface area (TPSA) is 66.4 Å². The fourth-order valence-corrected chi connectivity index (χ4v) is 1.67. The van der Waals surface area contributed by atoms with E-state index in [0.717, 1.165) is 11.1 Å². The number of aliphatic carboxylic acids is 1. The molecular formula is C11H11NO3. The Bertz CT molecular complexity index is 426. The second-order valence-corrected chi connectivity index (χ2v) is 3.57. The van der Waals surface area contributed by atoms with E-state index in [-0.39, 0.29) is 12.3 Å². The molecule has 1 heterocycles. The third kappa shape index (κ3) is 1.98. The number of carbonyl (C=O) groups is 2. The summed E-state index contributed by atoms with van der Waals surface area (Å²) in [6, 6.07) is 5.53. The summed E-state index contributed by atoms with van der Waals surface area (Å²) in [7, 11) is 0. The van der Waals surface area contributed by atoms with Crippen LogP contribution < -0.4 is 5.32 Å². The maximum Gasteiger partial charge on any atom is 0.303 e. The monoisotopic (exact) mass is 205 g/mol. The van der Waals surface area contributed by atoms with Crippen LogP contribution in [0, 0.1) is 0 Å². The lowest BCUT2D eigenvalue weighted by atomic mass is 10.0. The van der Waals surface area contributed by atoms with Gasteiger partial charge in [0.1, 0.15) is 0 Å². The zero-order valence-electron chi connectivity index (χ0n) is 8.12. The number of aryl methyl sites for hydroxylation is 1. The Morgan fingerprint density at radius 3 is 3.00 bits per heavy atom. The van der Waals surface area contributed by atoms with E-state index in [4.69, 9.17) is 5.11 Å². The van der Waals surface area contributed by atoms with Gasteiger partial charge < -0.3 is 10.4 Å². The van der Waals surface area contributed by atoms with E-state index in [1.807, 2.05) is 12.1 Å². The zero-order chi connectivity index (χ0) is 10.8. The highest BCUT2D eigenvalue weighted by atomic mass is 16.4. The van der Waals surface area contributed by atoms with Gasteiger partial charge in [-0.2, -0.15) is 0 Å². The minimum absolute atomic E-state index is 0.0674. The lowest BCUT2D eigenvalue weighted by molar-refractivity contribution is -0.136. The van der Waals surface area contributed by atoms with E-state index in [2.05, 4.69) is 5.32 Å². The smallest absolute Gasteiger partial charge is 0.303 e. The molecule has 0 spiro atoms. The Morgan fingerprint density at radius 2 is 2.27 bits per heavy atom. The molecular weight excluding hydrogens is 194 g/mol.